The predicted octanol–water partition coefficient (Wildman–Crippen LogP) is 4.27. The molecule has 1 N–H and O–H groups in total. The van der Waals surface area contributed by atoms with Crippen molar-refractivity contribution in [3.8, 4) is 0 Å². The van der Waals surface area contributed by atoms with Crippen molar-refractivity contribution >= 4 is 5.69 Å². The maximum absolute atomic E-state index is 3.71. The van der Waals surface area contributed by atoms with E-state index in [0.29, 0.717) is 6.04 Å². The molecule has 3 heteroatoms. The third-order valence-corrected chi connectivity index (χ3v) is 6.31. The summed E-state index contributed by atoms with van der Waals surface area (Å²) in [4.78, 5) is 5.42. The van der Waals surface area contributed by atoms with E-state index in [9.17, 15) is 0 Å². The highest BCUT2D eigenvalue weighted by molar-refractivity contribution is 5.43. The minimum absolute atomic E-state index is 0.634. The molecule has 0 saturated carbocycles. The topological polar surface area (TPSA) is 18.5 Å². The van der Waals surface area contributed by atoms with Crippen LogP contribution in [-0.4, -0.2) is 54.6 Å². The quantitative estimate of drug-likeness (QED) is 0.827. The Kier molecular flexibility index (Phi) is 6.44. The smallest absolute Gasteiger partial charge is 0.0342 e. The van der Waals surface area contributed by atoms with Gasteiger partial charge in [0.2, 0.25) is 0 Å². The van der Waals surface area contributed by atoms with Crippen molar-refractivity contribution < 1.29 is 0 Å². The third kappa shape index (κ3) is 5.33. The molecule has 0 bridgehead atoms. The van der Waals surface area contributed by atoms with Gasteiger partial charge in [-0.15, -0.1) is 0 Å². The number of benzene rings is 2. The first kappa shape index (κ1) is 18.5. The summed E-state index contributed by atoms with van der Waals surface area (Å²) in [5.41, 5.74) is 2.73. The van der Waals surface area contributed by atoms with Gasteiger partial charge < -0.3 is 15.1 Å². The lowest BCUT2D eigenvalue weighted by atomic mass is 9.97. The van der Waals surface area contributed by atoms with E-state index in [1.54, 1.807) is 0 Å². The van der Waals surface area contributed by atoms with Gasteiger partial charge in [-0.1, -0.05) is 48.5 Å². The number of para-hydroxylation sites is 1. The molecule has 144 valence electrons. The zero-order valence-corrected chi connectivity index (χ0v) is 16.4. The Balaban J connectivity index is 1.16. The highest BCUT2D eigenvalue weighted by Gasteiger charge is 2.28. The molecule has 0 amide bonds. The van der Waals surface area contributed by atoms with E-state index in [0.717, 1.165) is 6.04 Å². The molecule has 0 aliphatic carbocycles. The Bertz CT molecular complexity index is 657. The third-order valence-electron chi connectivity index (χ3n) is 6.31. The Morgan fingerprint density at radius 2 is 1.37 bits per heavy atom. The van der Waals surface area contributed by atoms with Crippen LogP contribution in [-0.2, 0) is 6.42 Å². The molecule has 4 rings (SSSR count). The van der Waals surface area contributed by atoms with E-state index in [2.05, 4.69) is 75.8 Å². The van der Waals surface area contributed by atoms with Crippen LogP contribution in [0.3, 0.4) is 0 Å². The van der Waals surface area contributed by atoms with E-state index in [4.69, 9.17) is 0 Å². The molecular formula is C24H33N3. The number of hydrogen-bond acceptors (Lipinski definition) is 3. The predicted molar refractivity (Wildman–Crippen MR) is 114 cm³/mol. The number of piperidine rings is 2. The van der Waals surface area contributed by atoms with Gasteiger partial charge in [-0.05, 0) is 62.9 Å². The summed E-state index contributed by atoms with van der Waals surface area (Å²) in [5.74, 6) is 0. The fourth-order valence-corrected chi connectivity index (χ4v) is 4.62. The Labute approximate surface area is 164 Å². The lowest BCUT2D eigenvalue weighted by Crippen LogP contribution is -2.49. The van der Waals surface area contributed by atoms with Crippen LogP contribution < -0.4 is 5.32 Å². The number of hydrogen-bond donors (Lipinski definition) is 1. The second-order valence-corrected chi connectivity index (χ2v) is 8.13. The summed E-state index contributed by atoms with van der Waals surface area (Å²) in [7, 11) is 0. The van der Waals surface area contributed by atoms with Crippen molar-refractivity contribution in [2.75, 3.05) is 38.0 Å². The van der Waals surface area contributed by atoms with Gasteiger partial charge in [-0.25, -0.2) is 0 Å². The molecule has 2 aromatic rings. The second-order valence-electron chi connectivity index (χ2n) is 8.13. The number of nitrogens with zero attached hydrogens (tertiary/aromatic N) is 2. The first-order valence-corrected chi connectivity index (χ1v) is 10.7. The molecule has 2 aliphatic rings. The number of anilines is 1. The monoisotopic (exact) mass is 363 g/mol. The van der Waals surface area contributed by atoms with Crippen molar-refractivity contribution in [1.82, 2.24) is 9.80 Å². The first-order chi connectivity index (χ1) is 13.4. The summed E-state index contributed by atoms with van der Waals surface area (Å²) >= 11 is 0. The second kappa shape index (κ2) is 9.38. The van der Waals surface area contributed by atoms with Crippen molar-refractivity contribution in [2.45, 2.75) is 44.2 Å². The Hall–Kier alpha value is -1.84. The van der Waals surface area contributed by atoms with Crippen molar-refractivity contribution in [1.29, 1.82) is 0 Å². The molecule has 2 saturated heterocycles. The van der Waals surface area contributed by atoms with E-state index in [-0.39, 0.29) is 0 Å². The number of rotatable bonds is 6. The SMILES string of the molecule is c1ccc(CCN2CCC(N3CCC(Nc4ccccc4)CC3)CC2)cc1. The minimum Gasteiger partial charge on any atom is -0.382 e. The highest BCUT2D eigenvalue weighted by atomic mass is 15.2. The Morgan fingerprint density at radius 1 is 0.741 bits per heavy atom. The van der Waals surface area contributed by atoms with Gasteiger partial charge in [0, 0.05) is 37.4 Å². The molecule has 0 radical (unpaired) electrons. The van der Waals surface area contributed by atoms with Crippen LogP contribution in [0.15, 0.2) is 60.7 Å². The standard InChI is InChI=1S/C24H33N3/c1-3-7-21(8-4-1)11-16-26-17-14-24(15-18-26)27-19-12-23(13-20-27)25-22-9-5-2-6-10-22/h1-10,23-25H,11-20H2. The van der Waals surface area contributed by atoms with Crippen LogP contribution in [0, 0.1) is 0 Å². The van der Waals surface area contributed by atoms with E-state index >= 15 is 0 Å². The van der Waals surface area contributed by atoms with Gasteiger partial charge in [0.05, 0.1) is 0 Å². The van der Waals surface area contributed by atoms with E-state index in [1.807, 2.05) is 0 Å². The number of likely N-dealkylation sites (tertiary alicyclic amines) is 2. The summed E-state index contributed by atoms with van der Waals surface area (Å²) < 4.78 is 0. The zero-order valence-electron chi connectivity index (χ0n) is 16.4. The van der Waals surface area contributed by atoms with Crippen LogP contribution >= 0.6 is 0 Å². The fourth-order valence-electron chi connectivity index (χ4n) is 4.62. The molecule has 0 aromatic heterocycles. The van der Waals surface area contributed by atoms with Crippen molar-refractivity contribution in [2.24, 2.45) is 0 Å². The molecule has 2 fully saturated rings. The summed E-state index contributed by atoms with van der Waals surface area (Å²) in [6.07, 6.45) is 6.39. The van der Waals surface area contributed by atoms with Gasteiger partial charge >= 0.3 is 0 Å². The fraction of sp³-hybridized carbons (Fsp3) is 0.500. The molecule has 0 spiro atoms. The molecule has 3 nitrogen and oxygen atoms in total. The largest absolute Gasteiger partial charge is 0.382 e. The number of nitrogens with one attached hydrogen (secondary N) is 1. The van der Waals surface area contributed by atoms with Crippen LogP contribution in [0.1, 0.15) is 31.2 Å². The van der Waals surface area contributed by atoms with Gasteiger partial charge in [0.25, 0.3) is 0 Å². The van der Waals surface area contributed by atoms with Gasteiger partial charge in [0.15, 0.2) is 0 Å². The lowest BCUT2D eigenvalue weighted by Gasteiger charge is -2.42. The normalized spacial score (nSPS) is 20.6. The van der Waals surface area contributed by atoms with Gasteiger partial charge in [-0.3, -0.25) is 0 Å². The van der Waals surface area contributed by atoms with Crippen molar-refractivity contribution in [3.63, 3.8) is 0 Å². The van der Waals surface area contributed by atoms with E-state index < -0.39 is 0 Å². The molecule has 2 heterocycles. The maximum Gasteiger partial charge on any atom is 0.0342 e. The molecule has 0 atom stereocenters. The summed E-state index contributed by atoms with van der Waals surface area (Å²) in [6, 6.07) is 23.0. The highest BCUT2D eigenvalue weighted by Crippen LogP contribution is 2.23. The average Bonchev–Trinajstić information content (AvgIpc) is 2.75. The molecule has 2 aliphatic heterocycles. The first-order valence-electron chi connectivity index (χ1n) is 10.7. The average molecular weight is 364 g/mol. The maximum atomic E-state index is 3.71. The zero-order chi connectivity index (χ0) is 18.3. The van der Waals surface area contributed by atoms with Crippen LogP contribution in [0.2, 0.25) is 0 Å². The lowest BCUT2D eigenvalue weighted by molar-refractivity contribution is 0.0902. The molecule has 2 aromatic carbocycles. The van der Waals surface area contributed by atoms with Crippen LogP contribution in [0.5, 0.6) is 0 Å². The molecule has 0 unspecified atom stereocenters. The van der Waals surface area contributed by atoms with Crippen LogP contribution in [0.4, 0.5) is 5.69 Å². The van der Waals surface area contributed by atoms with Gasteiger partial charge in [0.1, 0.15) is 0 Å². The Morgan fingerprint density at radius 3 is 2.04 bits per heavy atom. The van der Waals surface area contributed by atoms with E-state index in [1.165, 1.54) is 76.1 Å². The van der Waals surface area contributed by atoms with Crippen molar-refractivity contribution in [3.05, 3.63) is 66.2 Å². The molecular weight excluding hydrogens is 330 g/mol. The molecule has 27 heavy (non-hydrogen) atoms. The van der Waals surface area contributed by atoms with Gasteiger partial charge in [-0.2, -0.15) is 0 Å². The summed E-state index contributed by atoms with van der Waals surface area (Å²) in [5, 5.41) is 3.71. The summed E-state index contributed by atoms with van der Waals surface area (Å²) in [6.45, 7) is 6.23. The van der Waals surface area contributed by atoms with Crippen LogP contribution in [0.25, 0.3) is 0 Å². The minimum atomic E-state index is 0.634.